The van der Waals surface area contributed by atoms with Crippen LogP contribution in [-0.2, 0) is 0 Å². The molecule has 1 aromatic carbocycles. The number of hydrogen-bond acceptors (Lipinski definition) is 3. The van der Waals surface area contributed by atoms with Crippen LogP contribution >= 0.6 is 11.6 Å². The largest absolute Gasteiger partial charge is 0.381 e. The minimum absolute atomic E-state index is 0.0299. The second-order valence-corrected chi connectivity index (χ2v) is 5.34. The zero-order chi connectivity index (χ0) is 13.1. The Morgan fingerprint density at radius 2 is 2.11 bits per heavy atom. The molecule has 0 heterocycles. The van der Waals surface area contributed by atoms with Crippen molar-refractivity contribution in [1.82, 2.24) is 0 Å². The molecule has 0 aliphatic heterocycles. The fourth-order valence-corrected chi connectivity index (χ4v) is 2.69. The van der Waals surface area contributed by atoms with E-state index in [1.54, 1.807) is 6.07 Å². The van der Waals surface area contributed by atoms with E-state index in [1.165, 1.54) is 31.4 Å². The first-order valence-corrected chi connectivity index (χ1v) is 6.66. The maximum Gasteiger partial charge on any atom is 0.271 e. The van der Waals surface area contributed by atoms with E-state index in [2.05, 4.69) is 12.2 Å². The van der Waals surface area contributed by atoms with E-state index in [4.69, 9.17) is 11.6 Å². The molecule has 18 heavy (non-hydrogen) atoms. The molecule has 0 saturated heterocycles. The van der Waals surface area contributed by atoms with Crippen molar-refractivity contribution in [2.45, 2.75) is 38.6 Å². The van der Waals surface area contributed by atoms with Crippen LogP contribution in [0.4, 0.5) is 11.4 Å². The molecule has 0 unspecified atom stereocenters. The van der Waals surface area contributed by atoms with Crippen molar-refractivity contribution in [2.24, 2.45) is 5.92 Å². The van der Waals surface area contributed by atoms with Gasteiger partial charge in [-0.25, -0.2) is 0 Å². The van der Waals surface area contributed by atoms with Crippen LogP contribution in [-0.4, -0.2) is 11.0 Å². The molecular weight excluding hydrogens is 252 g/mol. The zero-order valence-corrected chi connectivity index (χ0v) is 11.1. The Balaban J connectivity index is 2.11. The van der Waals surface area contributed by atoms with Gasteiger partial charge in [0, 0.05) is 18.2 Å². The lowest BCUT2D eigenvalue weighted by Gasteiger charge is -2.30. The van der Waals surface area contributed by atoms with Crippen molar-refractivity contribution in [2.75, 3.05) is 5.32 Å². The Morgan fingerprint density at radius 3 is 2.72 bits per heavy atom. The zero-order valence-electron chi connectivity index (χ0n) is 10.4. The number of benzene rings is 1. The van der Waals surface area contributed by atoms with Crippen LogP contribution in [0.2, 0.25) is 5.02 Å². The van der Waals surface area contributed by atoms with E-state index in [1.807, 2.05) is 0 Å². The number of nitrogens with one attached hydrogen (secondary N) is 1. The van der Waals surface area contributed by atoms with Gasteiger partial charge in [-0.05, 0) is 24.8 Å². The van der Waals surface area contributed by atoms with Crippen molar-refractivity contribution in [3.63, 3.8) is 0 Å². The van der Waals surface area contributed by atoms with E-state index in [-0.39, 0.29) is 5.69 Å². The van der Waals surface area contributed by atoms with E-state index >= 15 is 0 Å². The molecule has 1 N–H and O–H groups in total. The molecule has 98 valence electrons. The molecule has 4 nitrogen and oxygen atoms in total. The lowest BCUT2D eigenvalue weighted by molar-refractivity contribution is -0.384. The number of nitro benzene ring substituents is 1. The number of nitrogens with zero attached hydrogens (tertiary/aromatic N) is 1. The molecule has 1 aromatic rings. The third-order valence-corrected chi connectivity index (χ3v) is 3.93. The van der Waals surface area contributed by atoms with Gasteiger partial charge in [-0.1, -0.05) is 31.4 Å². The fraction of sp³-hybridized carbons (Fsp3) is 0.538. The van der Waals surface area contributed by atoms with E-state index in [9.17, 15) is 10.1 Å². The van der Waals surface area contributed by atoms with Gasteiger partial charge in [-0.3, -0.25) is 10.1 Å². The smallest absolute Gasteiger partial charge is 0.271 e. The van der Waals surface area contributed by atoms with Crippen molar-refractivity contribution < 1.29 is 4.92 Å². The van der Waals surface area contributed by atoms with Crippen molar-refractivity contribution in [3.8, 4) is 0 Å². The minimum Gasteiger partial charge on any atom is -0.381 e. The van der Waals surface area contributed by atoms with Gasteiger partial charge in [0.1, 0.15) is 0 Å². The lowest BCUT2D eigenvalue weighted by atomic mass is 9.86. The molecule has 0 amide bonds. The Labute approximate surface area is 111 Å². The third kappa shape index (κ3) is 2.93. The van der Waals surface area contributed by atoms with Gasteiger partial charge >= 0.3 is 0 Å². The van der Waals surface area contributed by atoms with Gasteiger partial charge in [-0.15, -0.1) is 0 Å². The molecule has 2 rings (SSSR count). The first kappa shape index (κ1) is 13.1. The molecular formula is C13H17ClN2O2. The summed E-state index contributed by atoms with van der Waals surface area (Å²) in [5.41, 5.74) is 0.822. The highest BCUT2D eigenvalue weighted by Crippen LogP contribution is 2.31. The van der Waals surface area contributed by atoms with Gasteiger partial charge in [0.05, 0.1) is 15.6 Å². The van der Waals surface area contributed by atoms with Gasteiger partial charge in [0.15, 0.2) is 0 Å². The maximum absolute atomic E-state index is 10.6. The van der Waals surface area contributed by atoms with E-state index in [0.717, 1.165) is 12.1 Å². The molecule has 2 atom stereocenters. The number of nitro groups is 1. The normalized spacial score (nSPS) is 23.7. The number of anilines is 1. The van der Waals surface area contributed by atoms with Crippen molar-refractivity contribution >= 4 is 23.0 Å². The first-order chi connectivity index (χ1) is 8.58. The highest BCUT2D eigenvalue weighted by Gasteiger charge is 2.22. The Hall–Kier alpha value is -1.29. The molecule has 0 bridgehead atoms. The number of halogens is 1. The summed E-state index contributed by atoms with van der Waals surface area (Å²) in [4.78, 5) is 10.2. The summed E-state index contributed by atoms with van der Waals surface area (Å²) in [5.74, 6) is 0.616. The average molecular weight is 269 g/mol. The number of non-ortho nitro benzene ring substituents is 1. The summed E-state index contributed by atoms with van der Waals surface area (Å²) in [7, 11) is 0. The molecule has 0 radical (unpaired) electrons. The van der Waals surface area contributed by atoms with Gasteiger partial charge in [-0.2, -0.15) is 0 Å². The summed E-state index contributed by atoms with van der Waals surface area (Å²) >= 11 is 6.07. The van der Waals surface area contributed by atoms with Crippen LogP contribution in [0.25, 0.3) is 0 Å². The number of rotatable bonds is 3. The van der Waals surface area contributed by atoms with E-state index in [0.29, 0.717) is 17.0 Å². The monoisotopic (exact) mass is 268 g/mol. The Kier molecular flexibility index (Phi) is 4.07. The first-order valence-electron chi connectivity index (χ1n) is 6.28. The summed E-state index contributed by atoms with van der Waals surface area (Å²) in [6.45, 7) is 2.23. The average Bonchev–Trinajstić information content (AvgIpc) is 2.34. The quantitative estimate of drug-likeness (QED) is 0.659. The van der Waals surface area contributed by atoms with Crippen LogP contribution in [0.15, 0.2) is 18.2 Å². The Morgan fingerprint density at radius 1 is 1.39 bits per heavy atom. The fourth-order valence-electron chi connectivity index (χ4n) is 2.47. The van der Waals surface area contributed by atoms with E-state index < -0.39 is 4.92 Å². The molecule has 0 aromatic heterocycles. The minimum atomic E-state index is -0.432. The number of hydrogen-bond donors (Lipinski definition) is 1. The van der Waals surface area contributed by atoms with Gasteiger partial charge in [0.25, 0.3) is 5.69 Å². The summed E-state index contributed by atoms with van der Waals surface area (Å²) in [5, 5.41) is 14.5. The lowest BCUT2D eigenvalue weighted by Crippen LogP contribution is -2.30. The highest BCUT2D eigenvalue weighted by atomic mass is 35.5. The van der Waals surface area contributed by atoms with Crippen molar-refractivity contribution in [1.29, 1.82) is 0 Å². The second kappa shape index (κ2) is 5.57. The van der Waals surface area contributed by atoms with Gasteiger partial charge in [0.2, 0.25) is 0 Å². The summed E-state index contributed by atoms with van der Waals surface area (Å²) in [6, 6.07) is 5.00. The van der Waals surface area contributed by atoms with Crippen LogP contribution in [0, 0.1) is 16.0 Å². The molecule has 1 aliphatic carbocycles. The molecule has 1 saturated carbocycles. The van der Waals surface area contributed by atoms with Crippen LogP contribution in [0.1, 0.15) is 32.6 Å². The van der Waals surface area contributed by atoms with Gasteiger partial charge < -0.3 is 5.32 Å². The molecule has 0 spiro atoms. The second-order valence-electron chi connectivity index (χ2n) is 4.93. The van der Waals surface area contributed by atoms with Crippen LogP contribution < -0.4 is 5.32 Å². The third-order valence-electron chi connectivity index (χ3n) is 3.62. The van der Waals surface area contributed by atoms with Crippen LogP contribution in [0.5, 0.6) is 0 Å². The Bertz CT molecular complexity index is 451. The standard InChI is InChI=1S/C13H17ClN2O2/c1-9-4-2-3-5-12(9)15-13-7-6-10(16(17)18)8-11(13)14/h6-9,12,15H,2-5H2,1H3/t9-,12-/m0/s1. The summed E-state index contributed by atoms with van der Waals surface area (Å²) < 4.78 is 0. The topological polar surface area (TPSA) is 55.2 Å². The predicted molar refractivity (Wildman–Crippen MR) is 73.1 cm³/mol. The SMILES string of the molecule is C[C@H]1CCCC[C@@H]1Nc1ccc([N+](=O)[O-])cc1Cl. The maximum atomic E-state index is 10.6. The molecule has 5 heteroatoms. The highest BCUT2D eigenvalue weighted by molar-refractivity contribution is 6.33. The summed E-state index contributed by atoms with van der Waals surface area (Å²) in [6.07, 6.45) is 4.87. The van der Waals surface area contributed by atoms with Crippen LogP contribution in [0.3, 0.4) is 0 Å². The van der Waals surface area contributed by atoms with Crippen molar-refractivity contribution in [3.05, 3.63) is 33.3 Å². The predicted octanol–water partition coefficient (Wildman–Crippen LogP) is 4.24. The molecule has 1 fully saturated rings. The molecule has 1 aliphatic rings.